The summed E-state index contributed by atoms with van der Waals surface area (Å²) in [4.78, 5) is 12.6. The van der Waals surface area contributed by atoms with E-state index >= 15 is 0 Å². The van der Waals surface area contributed by atoms with Gasteiger partial charge in [0.25, 0.3) is 0 Å². The van der Waals surface area contributed by atoms with E-state index < -0.39 is 0 Å². The number of fused-ring (bicyclic) bond motifs is 4. The van der Waals surface area contributed by atoms with Crippen LogP contribution >= 0.6 is 0 Å². The lowest BCUT2D eigenvalue weighted by molar-refractivity contribution is -0.149. The average Bonchev–Trinajstić information content (AvgIpc) is 2.96. The second-order valence-corrected chi connectivity index (χ2v) is 10.3. The molecule has 3 unspecified atom stereocenters. The van der Waals surface area contributed by atoms with Gasteiger partial charge >= 0.3 is 0 Å². The molecule has 0 saturated heterocycles. The molecular weight excluding hydrogens is 296 g/mol. The standard InChI is InChI=1S/C22H34O2/c1-21-11-8-15(23)13-14(21)4-5-16-17(21)9-12-22-10-2-3-20(24)19(22)7-6-18(16)22/h14-19,23H,2-13H2,1H3/t14-,15+,16?,17?,18?,19+,21-,22-/m0/s1. The molecule has 0 amide bonds. The van der Waals surface area contributed by atoms with Gasteiger partial charge in [0.05, 0.1) is 6.10 Å². The van der Waals surface area contributed by atoms with Crippen LogP contribution in [-0.4, -0.2) is 17.0 Å². The van der Waals surface area contributed by atoms with Gasteiger partial charge in [-0.3, -0.25) is 4.79 Å². The Morgan fingerprint density at radius 3 is 2.71 bits per heavy atom. The zero-order valence-electron chi connectivity index (χ0n) is 15.3. The highest BCUT2D eigenvalue weighted by molar-refractivity contribution is 5.83. The maximum atomic E-state index is 12.6. The number of carbonyl (C=O) groups excluding carboxylic acids is 1. The zero-order valence-corrected chi connectivity index (χ0v) is 15.3. The highest BCUT2D eigenvalue weighted by Crippen LogP contribution is 2.69. The molecule has 5 aliphatic rings. The largest absolute Gasteiger partial charge is 0.393 e. The summed E-state index contributed by atoms with van der Waals surface area (Å²) >= 11 is 0. The minimum absolute atomic E-state index is 0.0404. The third kappa shape index (κ3) is 1.95. The molecule has 8 atom stereocenters. The number of hydrogen-bond acceptors (Lipinski definition) is 2. The Bertz CT molecular complexity index is 542. The van der Waals surface area contributed by atoms with Gasteiger partial charge in [0.15, 0.2) is 0 Å². The van der Waals surface area contributed by atoms with Crippen molar-refractivity contribution in [2.75, 3.05) is 0 Å². The summed E-state index contributed by atoms with van der Waals surface area (Å²) in [5.74, 6) is 4.39. The summed E-state index contributed by atoms with van der Waals surface area (Å²) in [6, 6.07) is 0. The lowest BCUT2D eigenvalue weighted by Crippen LogP contribution is -2.55. The van der Waals surface area contributed by atoms with Crippen LogP contribution in [0.4, 0.5) is 0 Å². The van der Waals surface area contributed by atoms with Crippen LogP contribution in [0.25, 0.3) is 0 Å². The molecule has 5 saturated carbocycles. The van der Waals surface area contributed by atoms with Gasteiger partial charge in [0, 0.05) is 12.3 Å². The van der Waals surface area contributed by atoms with Crippen molar-refractivity contribution < 1.29 is 9.90 Å². The van der Waals surface area contributed by atoms with Crippen LogP contribution in [0.2, 0.25) is 0 Å². The summed E-state index contributed by atoms with van der Waals surface area (Å²) in [5.41, 5.74) is 0.883. The fraction of sp³-hybridized carbons (Fsp3) is 0.955. The molecule has 0 aliphatic heterocycles. The van der Waals surface area contributed by atoms with Gasteiger partial charge in [-0.2, -0.15) is 0 Å². The van der Waals surface area contributed by atoms with Gasteiger partial charge < -0.3 is 5.11 Å². The SMILES string of the molecule is C[C@]12CC[C@@H](O)C[C@@H]1CCC1C3CC[C@@H]4C(=O)CCC[C@]34CCC12. The molecule has 0 radical (unpaired) electrons. The number of carbonyl (C=O) groups is 1. The van der Waals surface area contributed by atoms with Gasteiger partial charge in [-0.1, -0.05) is 6.92 Å². The lowest BCUT2D eigenvalue weighted by atomic mass is 9.43. The van der Waals surface area contributed by atoms with E-state index in [0.717, 1.165) is 49.4 Å². The zero-order chi connectivity index (χ0) is 16.5. The molecule has 134 valence electrons. The van der Waals surface area contributed by atoms with E-state index in [0.29, 0.717) is 22.5 Å². The second kappa shape index (κ2) is 5.32. The van der Waals surface area contributed by atoms with Crippen molar-refractivity contribution in [2.45, 2.75) is 90.1 Å². The summed E-state index contributed by atoms with van der Waals surface area (Å²) < 4.78 is 0. The molecule has 5 fully saturated rings. The molecule has 5 aliphatic carbocycles. The minimum atomic E-state index is -0.0404. The number of ketones is 1. The fourth-order valence-corrected chi connectivity index (χ4v) is 8.78. The minimum Gasteiger partial charge on any atom is -0.393 e. The highest BCUT2D eigenvalue weighted by Gasteiger charge is 2.63. The molecule has 2 heteroatoms. The van der Waals surface area contributed by atoms with Crippen molar-refractivity contribution in [3.05, 3.63) is 0 Å². The first-order valence-corrected chi connectivity index (χ1v) is 10.8. The fourth-order valence-electron chi connectivity index (χ4n) is 8.78. The third-order valence-corrected chi connectivity index (χ3v) is 9.81. The third-order valence-electron chi connectivity index (χ3n) is 9.81. The Balaban J connectivity index is 1.46. The maximum absolute atomic E-state index is 12.6. The van der Waals surface area contributed by atoms with Crippen molar-refractivity contribution in [2.24, 2.45) is 40.4 Å². The highest BCUT2D eigenvalue weighted by atomic mass is 16.3. The van der Waals surface area contributed by atoms with E-state index in [9.17, 15) is 9.90 Å². The summed E-state index contributed by atoms with van der Waals surface area (Å²) in [5, 5.41) is 10.2. The number of hydrogen-bond donors (Lipinski definition) is 1. The summed E-state index contributed by atoms with van der Waals surface area (Å²) in [6.07, 6.45) is 14.6. The Morgan fingerprint density at radius 1 is 0.958 bits per heavy atom. The molecule has 0 aromatic heterocycles. The van der Waals surface area contributed by atoms with Crippen molar-refractivity contribution in [3.8, 4) is 0 Å². The van der Waals surface area contributed by atoms with Crippen LogP contribution in [-0.2, 0) is 4.79 Å². The van der Waals surface area contributed by atoms with E-state index in [-0.39, 0.29) is 6.10 Å². The van der Waals surface area contributed by atoms with E-state index in [2.05, 4.69) is 6.92 Å². The number of aliphatic hydroxyl groups excluding tert-OH is 1. The van der Waals surface area contributed by atoms with E-state index in [1.54, 1.807) is 0 Å². The van der Waals surface area contributed by atoms with Gasteiger partial charge in [-0.05, 0) is 105 Å². The van der Waals surface area contributed by atoms with Crippen molar-refractivity contribution >= 4 is 5.78 Å². The molecule has 1 N–H and O–H groups in total. The van der Waals surface area contributed by atoms with Crippen LogP contribution in [0.5, 0.6) is 0 Å². The molecule has 2 nitrogen and oxygen atoms in total. The second-order valence-electron chi connectivity index (χ2n) is 10.3. The van der Waals surface area contributed by atoms with Crippen LogP contribution in [0.3, 0.4) is 0 Å². The molecule has 0 heterocycles. The smallest absolute Gasteiger partial charge is 0.136 e. The molecule has 1 spiro atoms. The van der Waals surface area contributed by atoms with Crippen LogP contribution in [0.1, 0.15) is 84.0 Å². The Kier molecular flexibility index (Phi) is 3.51. The lowest BCUT2D eigenvalue weighted by Gasteiger charge is -2.62. The van der Waals surface area contributed by atoms with Crippen LogP contribution in [0.15, 0.2) is 0 Å². The predicted molar refractivity (Wildman–Crippen MR) is 94.4 cm³/mol. The summed E-state index contributed by atoms with van der Waals surface area (Å²) in [7, 11) is 0. The van der Waals surface area contributed by atoms with Gasteiger partial charge in [-0.25, -0.2) is 0 Å². The number of rotatable bonds is 0. The first kappa shape index (κ1) is 15.9. The van der Waals surface area contributed by atoms with E-state index in [1.807, 2.05) is 0 Å². The quantitative estimate of drug-likeness (QED) is 0.696. The normalized spacial score (nSPS) is 56.8. The first-order valence-electron chi connectivity index (χ1n) is 10.8. The van der Waals surface area contributed by atoms with Gasteiger partial charge in [-0.15, -0.1) is 0 Å². The topological polar surface area (TPSA) is 37.3 Å². The first-order chi connectivity index (χ1) is 11.5. The number of aliphatic hydroxyl groups is 1. The van der Waals surface area contributed by atoms with Crippen molar-refractivity contribution in [3.63, 3.8) is 0 Å². The van der Waals surface area contributed by atoms with Crippen molar-refractivity contribution in [1.82, 2.24) is 0 Å². The van der Waals surface area contributed by atoms with Gasteiger partial charge in [0.1, 0.15) is 5.78 Å². The predicted octanol–water partition coefficient (Wildman–Crippen LogP) is 4.74. The molecule has 24 heavy (non-hydrogen) atoms. The van der Waals surface area contributed by atoms with Crippen molar-refractivity contribution in [1.29, 1.82) is 0 Å². The molecule has 5 rings (SSSR count). The Morgan fingerprint density at radius 2 is 1.83 bits per heavy atom. The Labute approximate surface area is 146 Å². The van der Waals surface area contributed by atoms with Gasteiger partial charge in [0.2, 0.25) is 0 Å². The van der Waals surface area contributed by atoms with Crippen LogP contribution in [0, 0.1) is 40.4 Å². The summed E-state index contributed by atoms with van der Waals surface area (Å²) in [6.45, 7) is 2.57. The molecule has 0 bridgehead atoms. The monoisotopic (exact) mass is 330 g/mol. The maximum Gasteiger partial charge on any atom is 0.136 e. The average molecular weight is 331 g/mol. The molecule has 0 aromatic rings. The molecule has 0 aromatic carbocycles. The number of Topliss-reactive ketones (excluding diaryl/α,β-unsaturated/α-hetero) is 1. The van der Waals surface area contributed by atoms with E-state index in [4.69, 9.17) is 0 Å². The molecular formula is C22H34O2. The Hall–Kier alpha value is -0.370. The van der Waals surface area contributed by atoms with E-state index in [1.165, 1.54) is 51.4 Å². The van der Waals surface area contributed by atoms with Crippen LogP contribution < -0.4 is 0 Å².